The zero-order valence-electron chi connectivity index (χ0n) is 12.0. The van der Waals surface area contributed by atoms with E-state index < -0.39 is 0 Å². The second-order valence-electron chi connectivity index (χ2n) is 5.65. The van der Waals surface area contributed by atoms with Crippen LogP contribution in [-0.4, -0.2) is 31.1 Å². The summed E-state index contributed by atoms with van der Waals surface area (Å²) in [6.07, 6.45) is 5.57. The van der Waals surface area contributed by atoms with Crippen molar-refractivity contribution in [2.75, 3.05) is 20.1 Å². The number of nitrogens with one attached hydrogen (secondary N) is 1. The zero-order chi connectivity index (χ0) is 13.7. The van der Waals surface area contributed by atoms with Gasteiger partial charge in [-0.15, -0.1) is 0 Å². The molecule has 0 aliphatic heterocycles. The van der Waals surface area contributed by atoms with Crippen LogP contribution in [0.5, 0.6) is 0 Å². The quantitative estimate of drug-likeness (QED) is 0.851. The highest BCUT2D eigenvalue weighted by molar-refractivity contribution is 6.30. The number of halogens is 1. The Kier molecular flexibility index (Phi) is 5.68. The number of benzene rings is 1. The number of rotatable bonds is 6. The summed E-state index contributed by atoms with van der Waals surface area (Å²) in [6.45, 7) is 4.37. The summed E-state index contributed by atoms with van der Waals surface area (Å²) < 4.78 is 0. The molecule has 1 N–H and O–H groups in total. The Bertz CT molecular complexity index is 371. The van der Waals surface area contributed by atoms with Gasteiger partial charge < -0.3 is 10.2 Å². The van der Waals surface area contributed by atoms with E-state index in [1.54, 1.807) is 0 Å². The highest BCUT2D eigenvalue weighted by atomic mass is 35.5. The van der Waals surface area contributed by atoms with Crippen LogP contribution in [-0.2, 0) is 0 Å². The van der Waals surface area contributed by atoms with Crippen LogP contribution in [0.2, 0.25) is 5.02 Å². The van der Waals surface area contributed by atoms with Crippen molar-refractivity contribution in [1.29, 1.82) is 0 Å². The molecule has 2 nitrogen and oxygen atoms in total. The van der Waals surface area contributed by atoms with Gasteiger partial charge in [0.05, 0.1) is 0 Å². The summed E-state index contributed by atoms with van der Waals surface area (Å²) in [4.78, 5) is 2.51. The van der Waals surface area contributed by atoms with E-state index in [0.717, 1.165) is 24.2 Å². The van der Waals surface area contributed by atoms with Crippen molar-refractivity contribution < 1.29 is 0 Å². The average Bonchev–Trinajstić information content (AvgIpc) is 2.93. The lowest BCUT2D eigenvalue weighted by Crippen LogP contribution is -2.36. The molecule has 2 rings (SSSR count). The summed E-state index contributed by atoms with van der Waals surface area (Å²) >= 11 is 5.91. The molecule has 0 bridgehead atoms. The standard InChI is InChI=1S/C16H25ClN2/c1-13(14-7-9-15(17)10-8-14)18-11-12-19(2)16-5-3-4-6-16/h7-10,13,16,18H,3-6,11-12H2,1-2H3. The van der Waals surface area contributed by atoms with Crippen LogP contribution in [0.4, 0.5) is 0 Å². The van der Waals surface area contributed by atoms with Gasteiger partial charge in [0.2, 0.25) is 0 Å². The molecule has 1 aromatic carbocycles. The molecule has 0 heterocycles. The zero-order valence-corrected chi connectivity index (χ0v) is 12.8. The molecule has 0 spiro atoms. The van der Waals surface area contributed by atoms with Crippen LogP contribution >= 0.6 is 11.6 Å². The smallest absolute Gasteiger partial charge is 0.0406 e. The van der Waals surface area contributed by atoms with Gasteiger partial charge in [0, 0.05) is 30.2 Å². The third-order valence-electron chi connectivity index (χ3n) is 4.23. The molecule has 1 fully saturated rings. The first kappa shape index (κ1) is 14.8. The molecule has 0 saturated heterocycles. The molecule has 0 radical (unpaired) electrons. The van der Waals surface area contributed by atoms with Crippen LogP contribution in [0.1, 0.15) is 44.2 Å². The Morgan fingerprint density at radius 2 is 1.89 bits per heavy atom. The fourth-order valence-corrected chi connectivity index (χ4v) is 2.98. The fraction of sp³-hybridized carbons (Fsp3) is 0.625. The maximum absolute atomic E-state index is 5.91. The van der Waals surface area contributed by atoms with Crippen LogP contribution < -0.4 is 5.32 Å². The van der Waals surface area contributed by atoms with Crippen LogP contribution in [0.25, 0.3) is 0 Å². The van der Waals surface area contributed by atoms with E-state index >= 15 is 0 Å². The van der Waals surface area contributed by atoms with Gasteiger partial charge in [-0.05, 0) is 44.5 Å². The molecular formula is C16H25ClN2. The predicted octanol–water partition coefficient (Wildman–Crippen LogP) is 3.87. The fourth-order valence-electron chi connectivity index (χ4n) is 2.85. The van der Waals surface area contributed by atoms with E-state index in [9.17, 15) is 0 Å². The number of likely N-dealkylation sites (N-methyl/N-ethyl adjacent to an activating group) is 1. The van der Waals surface area contributed by atoms with E-state index in [2.05, 4.69) is 36.3 Å². The SMILES string of the molecule is CC(NCCN(C)C1CCCC1)c1ccc(Cl)cc1. The minimum atomic E-state index is 0.384. The molecule has 1 atom stereocenters. The summed E-state index contributed by atoms with van der Waals surface area (Å²) in [5, 5.41) is 4.39. The summed E-state index contributed by atoms with van der Waals surface area (Å²) in [5.41, 5.74) is 1.30. The minimum Gasteiger partial charge on any atom is -0.309 e. The normalized spacial score (nSPS) is 18.1. The van der Waals surface area contributed by atoms with Crippen LogP contribution in [0.3, 0.4) is 0 Å². The molecule has 0 aromatic heterocycles. The molecule has 1 saturated carbocycles. The van der Waals surface area contributed by atoms with E-state index in [1.165, 1.54) is 31.2 Å². The minimum absolute atomic E-state index is 0.384. The molecular weight excluding hydrogens is 256 g/mol. The van der Waals surface area contributed by atoms with Gasteiger partial charge in [0.25, 0.3) is 0 Å². The lowest BCUT2D eigenvalue weighted by Gasteiger charge is -2.25. The van der Waals surface area contributed by atoms with Crippen molar-refractivity contribution in [3.05, 3.63) is 34.9 Å². The first-order chi connectivity index (χ1) is 9.16. The van der Waals surface area contributed by atoms with E-state index in [-0.39, 0.29) is 0 Å². The molecule has 1 aliphatic rings. The van der Waals surface area contributed by atoms with Gasteiger partial charge in [-0.3, -0.25) is 0 Å². The average molecular weight is 281 g/mol. The number of hydrogen-bond acceptors (Lipinski definition) is 2. The summed E-state index contributed by atoms with van der Waals surface area (Å²) in [7, 11) is 2.25. The molecule has 106 valence electrons. The Hall–Kier alpha value is -0.570. The second-order valence-corrected chi connectivity index (χ2v) is 6.08. The maximum atomic E-state index is 5.91. The first-order valence-corrected chi connectivity index (χ1v) is 7.73. The van der Waals surface area contributed by atoms with Crippen molar-refractivity contribution in [3.63, 3.8) is 0 Å². The van der Waals surface area contributed by atoms with Gasteiger partial charge in [0.1, 0.15) is 0 Å². The van der Waals surface area contributed by atoms with E-state index in [4.69, 9.17) is 11.6 Å². The highest BCUT2D eigenvalue weighted by Crippen LogP contribution is 2.22. The number of hydrogen-bond donors (Lipinski definition) is 1. The molecule has 1 aliphatic carbocycles. The lowest BCUT2D eigenvalue weighted by molar-refractivity contribution is 0.243. The van der Waals surface area contributed by atoms with Crippen molar-refractivity contribution in [2.45, 2.75) is 44.7 Å². The van der Waals surface area contributed by atoms with Crippen molar-refractivity contribution in [3.8, 4) is 0 Å². The summed E-state index contributed by atoms with van der Waals surface area (Å²) in [6, 6.07) is 9.31. The van der Waals surface area contributed by atoms with Gasteiger partial charge >= 0.3 is 0 Å². The van der Waals surface area contributed by atoms with Crippen LogP contribution in [0, 0.1) is 0 Å². The van der Waals surface area contributed by atoms with E-state index in [1.807, 2.05) is 12.1 Å². The predicted molar refractivity (Wildman–Crippen MR) is 82.8 cm³/mol. The topological polar surface area (TPSA) is 15.3 Å². The monoisotopic (exact) mass is 280 g/mol. The third-order valence-corrected chi connectivity index (χ3v) is 4.49. The van der Waals surface area contributed by atoms with E-state index in [0.29, 0.717) is 6.04 Å². The molecule has 0 amide bonds. The van der Waals surface area contributed by atoms with Gasteiger partial charge in [-0.1, -0.05) is 36.6 Å². The van der Waals surface area contributed by atoms with Gasteiger partial charge in [-0.2, -0.15) is 0 Å². The Morgan fingerprint density at radius 1 is 1.26 bits per heavy atom. The molecule has 3 heteroatoms. The first-order valence-electron chi connectivity index (χ1n) is 7.36. The van der Waals surface area contributed by atoms with Gasteiger partial charge in [0.15, 0.2) is 0 Å². The van der Waals surface area contributed by atoms with Crippen molar-refractivity contribution >= 4 is 11.6 Å². The Morgan fingerprint density at radius 3 is 2.53 bits per heavy atom. The highest BCUT2D eigenvalue weighted by Gasteiger charge is 2.18. The van der Waals surface area contributed by atoms with Gasteiger partial charge in [-0.25, -0.2) is 0 Å². The third kappa shape index (κ3) is 4.48. The molecule has 1 unspecified atom stereocenters. The Balaban J connectivity index is 1.71. The Labute approximate surface area is 122 Å². The van der Waals surface area contributed by atoms with Crippen molar-refractivity contribution in [2.24, 2.45) is 0 Å². The summed E-state index contributed by atoms with van der Waals surface area (Å²) in [5.74, 6) is 0. The number of nitrogens with zero attached hydrogens (tertiary/aromatic N) is 1. The lowest BCUT2D eigenvalue weighted by atomic mass is 10.1. The van der Waals surface area contributed by atoms with Crippen molar-refractivity contribution in [1.82, 2.24) is 10.2 Å². The van der Waals surface area contributed by atoms with Crippen LogP contribution in [0.15, 0.2) is 24.3 Å². The largest absolute Gasteiger partial charge is 0.309 e. The maximum Gasteiger partial charge on any atom is 0.0406 e. The molecule has 19 heavy (non-hydrogen) atoms. The molecule has 1 aromatic rings. The second kappa shape index (κ2) is 7.28.